The van der Waals surface area contributed by atoms with E-state index in [0.29, 0.717) is 49.0 Å². The van der Waals surface area contributed by atoms with Crippen molar-refractivity contribution in [2.75, 3.05) is 56.7 Å². The summed E-state index contributed by atoms with van der Waals surface area (Å²) in [7, 11) is 1.53. The minimum Gasteiger partial charge on any atom is -0.494 e. The summed E-state index contributed by atoms with van der Waals surface area (Å²) < 4.78 is 15.3. The van der Waals surface area contributed by atoms with Gasteiger partial charge in [0.25, 0.3) is 5.91 Å². The Morgan fingerprint density at radius 3 is 2.57 bits per heavy atom. The molecule has 2 amide bonds. The number of nitrogens with one attached hydrogen (secondary N) is 2. The van der Waals surface area contributed by atoms with Gasteiger partial charge >= 0.3 is 12.1 Å². The lowest BCUT2D eigenvalue weighted by molar-refractivity contribution is -0.146. The quantitative estimate of drug-likeness (QED) is 0.440. The predicted octanol–water partition coefficient (Wildman–Crippen LogP) is 2.55. The number of hydrogen-bond donors (Lipinski definition) is 2. The number of benzene rings is 1. The average molecular weight is 509 g/mol. The fourth-order valence-electron chi connectivity index (χ4n) is 3.84. The Kier molecular flexibility index (Phi) is 8.18. The molecule has 1 aromatic carbocycles. The molecule has 0 bridgehead atoms. The van der Waals surface area contributed by atoms with Crippen LogP contribution >= 0.6 is 0 Å². The van der Waals surface area contributed by atoms with Gasteiger partial charge in [0, 0.05) is 44.1 Å². The fourth-order valence-corrected chi connectivity index (χ4v) is 3.84. The van der Waals surface area contributed by atoms with Crippen LogP contribution < -0.4 is 15.0 Å². The van der Waals surface area contributed by atoms with E-state index in [4.69, 9.17) is 14.2 Å². The number of piperazine rings is 1. The monoisotopic (exact) mass is 508 g/mol. The Morgan fingerprint density at radius 2 is 1.86 bits per heavy atom. The zero-order chi connectivity index (χ0) is 26.2. The molecule has 2 aromatic heterocycles. The van der Waals surface area contributed by atoms with Crippen LogP contribution in [-0.2, 0) is 14.3 Å². The Bertz CT molecular complexity index is 1240. The van der Waals surface area contributed by atoms with Gasteiger partial charge in [0.05, 0.1) is 30.8 Å². The molecule has 37 heavy (non-hydrogen) atoms. The number of aromatic amines is 1. The van der Waals surface area contributed by atoms with Crippen molar-refractivity contribution < 1.29 is 28.6 Å². The summed E-state index contributed by atoms with van der Waals surface area (Å²) in [5, 5.41) is 9.60. The molecule has 0 spiro atoms. The molecule has 0 aliphatic carbocycles. The minimum atomic E-state index is -0.574. The van der Waals surface area contributed by atoms with Gasteiger partial charge in [-0.3, -0.25) is 9.89 Å². The summed E-state index contributed by atoms with van der Waals surface area (Å²) in [5.74, 6) is -0.454. The minimum absolute atomic E-state index is 0.233. The number of H-pyrrole nitrogens is 1. The molecule has 2 N–H and O–H groups in total. The number of aromatic nitrogens is 3. The standard InChI is InChI=1S/C25H28N6O6/c1-3-36-23(32)16-37-25(34)31-13-11-30(12-14-31)17-7-8-20(22(15-17)35-2)28-24(33)21-6-4-5-18(27-21)19-9-10-26-29-19/h4-10,15H,3,11-14,16H2,1-2H3,(H,26,29)(H,28,33). The first-order valence-electron chi connectivity index (χ1n) is 11.8. The van der Waals surface area contributed by atoms with Crippen molar-refractivity contribution in [3.8, 4) is 17.1 Å². The van der Waals surface area contributed by atoms with E-state index in [-0.39, 0.29) is 18.2 Å². The van der Waals surface area contributed by atoms with Gasteiger partial charge in [0.15, 0.2) is 6.61 Å². The Labute approximate surface area is 213 Å². The molecule has 0 saturated carbocycles. The maximum atomic E-state index is 12.9. The van der Waals surface area contributed by atoms with Gasteiger partial charge in [0.1, 0.15) is 11.4 Å². The maximum Gasteiger partial charge on any atom is 0.410 e. The number of amides is 2. The molecule has 1 fully saturated rings. The highest BCUT2D eigenvalue weighted by Gasteiger charge is 2.24. The van der Waals surface area contributed by atoms with Crippen LogP contribution in [0.1, 0.15) is 17.4 Å². The SMILES string of the molecule is CCOC(=O)COC(=O)N1CCN(c2ccc(NC(=O)c3cccc(-c4ccn[nH]4)n3)c(OC)c2)CC1. The summed E-state index contributed by atoms with van der Waals surface area (Å²) in [6.07, 6.45) is 1.07. The van der Waals surface area contributed by atoms with Crippen LogP contribution in [-0.4, -0.2) is 84.6 Å². The van der Waals surface area contributed by atoms with Crippen molar-refractivity contribution in [2.45, 2.75) is 6.92 Å². The number of esters is 1. The second kappa shape index (κ2) is 11.9. The second-order valence-corrected chi connectivity index (χ2v) is 8.05. The van der Waals surface area contributed by atoms with Crippen molar-refractivity contribution >= 4 is 29.3 Å². The largest absolute Gasteiger partial charge is 0.494 e. The van der Waals surface area contributed by atoms with Gasteiger partial charge in [0.2, 0.25) is 0 Å². The molecule has 0 atom stereocenters. The van der Waals surface area contributed by atoms with Crippen LogP contribution in [0.15, 0.2) is 48.7 Å². The van der Waals surface area contributed by atoms with Crippen LogP contribution in [0.3, 0.4) is 0 Å². The average Bonchev–Trinajstić information content (AvgIpc) is 3.47. The molecular weight excluding hydrogens is 480 g/mol. The highest BCUT2D eigenvalue weighted by molar-refractivity contribution is 6.04. The number of carbonyl (C=O) groups excluding carboxylic acids is 3. The number of carbonyl (C=O) groups is 3. The first kappa shape index (κ1) is 25.5. The number of hydrogen-bond acceptors (Lipinski definition) is 9. The topological polar surface area (TPSA) is 139 Å². The third-order valence-electron chi connectivity index (χ3n) is 5.71. The fraction of sp³-hybridized carbons (Fsp3) is 0.320. The zero-order valence-corrected chi connectivity index (χ0v) is 20.6. The van der Waals surface area contributed by atoms with Crippen LogP contribution in [0.25, 0.3) is 11.4 Å². The van der Waals surface area contributed by atoms with Gasteiger partial charge in [-0.05, 0) is 37.3 Å². The molecule has 0 unspecified atom stereocenters. The number of nitrogens with zero attached hydrogens (tertiary/aromatic N) is 4. The molecule has 12 heteroatoms. The van der Waals surface area contributed by atoms with Gasteiger partial charge in [-0.1, -0.05) is 6.07 Å². The molecule has 1 aliphatic heterocycles. The normalized spacial score (nSPS) is 13.1. The van der Waals surface area contributed by atoms with Crippen LogP contribution in [0.5, 0.6) is 5.75 Å². The van der Waals surface area contributed by atoms with Gasteiger partial charge in [-0.25, -0.2) is 14.6 Å². The molecule has 194 valence electrons. The molecule has 4 rings (SSSR count). The summed E-state index contributed by atoms with van der Waals surface area (Å²) in [6, 6.07) is 12.4. The molecule has 1 aliphatic rings. The van der Waals surface area contributed by atoms with Crippen molar-refractivity contribution in [2.24, 2.45) is 0 Å². The van der Waals surface area contributed by atoms with Crippen molar-refractivity contribution in [1.82, 2.24) is 20.1 Å². The molecule has 1 saturated heterocycles. The van der Waals surface area contributed by atoms with Crippen molar-refractivity contribution in [1.29, 1.82) is 0 Å². The number of methoxy groups -OCH3 is 1. The van der Waals surface area contributed by atoms with E-state index in [9.17, 15) is 14.4 Å². The smallest absolute Gasteiger partial charge is 0.410 e. The molecule has 3 aromatic rings. The number of pyridine rings is 1. The summed E-state index contributed by atoms with van der Waals surface area (Å²) >= 11 is 0. The Morgan fingerprint density at radius 1 is 1.05 bits per heavy atom. The van der Waals surface area contributed by atoms with E-state index in [1.54, 1.807) is 48.4 Å². The second-order valence-electron chi connectivity index (χ2n) is 8.05. The maximum absolute atomic E-state index is 12.9. The lowest BCUT2D eigenvalue weighted by Crippen LogP contribution is -2.49. The first-order valence-corrected chi connectivity index (χ1v) is 11.8. The van der Waals surface area contributed by atoms with Crippen molar-refractivity contribution in [3.05, 3.63) is 54.4 Å². The number of ether oxygens (including phenoxy) is 3. The highest BCUT2D eigenvalue weighted by atomic mass is 16.6. The van der Waals surface area contributed by atoms with E-state index in [1.807, 2.05) is 12.1 Å². The van der Waals surface area contributed by atoms with Gasteiger partial charge in [-0.15, -0.1) is 0 Å². The lowest BCUT2D eigenvalue weighted by Gasteiger charge is -2.35. The Hall–Kier alpha value is -4.61. The van der Waals surface area contributed by atoms with E-state index < -0.39 is 18.7 Å². The number of rotatable bonds is 8. The summed E-state index contributed by atoms with van der Waals surface area (Å²) in [6.45, 7) is 3.51. The van der Waals surface area contributed by atoms with E-state index in [1.165, 1.54) is 7.11 Å². The lowest BCUT2D eigenvalue weighted by atomic mass is 10.2. The molecular formula is C25H28N6O6. The predicted molar refractivity (Wildman–Crippen MR) is 135 cm³/mol. The van der Waals surface area contributed by atoms with Crippen molar-refractivity contribution in [3.63, 3.8) is 0 Å². The van der Waals surface area contributed by atoms with Crippen LogP contribution in [0.2, 0.25) is 0 Å². The van der Waals surface area contributed by atoms with E-state index in [0.717, 1.165) is 5.69 Å². The third-order valence-corrected chi connectivity index (χ3v) is 5.71. The van der Waals surface area contributed by atoms with Crippen LogP contribution in [0.4, 0.5) is 16.2 Å². The van der Waals surface area contributed by atoms with Crippen LogP contribution in [0, 0.1) is 0 Å². The molecule has 0 radical (unpaired) electrons. The Balaban J connectivity index is 1.36. The zero-order valence-electron chi connectivity index (χ0n) is 20.6. The summed E-state index contributed by atoms with van der Waals surface area (Å²) in [4.78, 5) is 44.5. The van der Waals surface area contributed by atoms with E-state index in [2.05, 4.69) is 25.4 Å². The number of anilines is 2. The highest BCUT2D eigenvalue weighted by Crippen LogP contribution is 2.31. The first-order chi connectivity index (χ1) is 18.0. The van der Waals surface area contributed by atoms with Gasteiger partial charge in [-0.2, -0.15) is 5.10 Å². The van der Waals surface area contributed by atoms with Gasteiger partial charge < -0.3 is 29.3 Å². The molecule has 12 nitrogen and oxygen atoms in total. The summed E-state index contributed by atoms with van der Waals surface area (Å²) in [5.41, 5.74) is 2.96. The third kappa shape index (κ3) is 6.34. The molecule has 3 heterocycles. The van der Waals surface area contributed by atoms with E-state index >= 15 is 0 Å².